The second kappa shape index (κ2) is 7.06. The van der Waals surface area contributed by atoms with E-state index in [1.807, 2.05) is 37.2 Å². The van der Waals surface area contributed by atoms with Crippen molar-refractivity contribution in [2.75, 3.05) is 25.5 Å². The molecule has 1 unspecified atom stereocenters. The highest BCUT2D eigenvalue weighted by Crippen LogP contribution is 2.32. The van der Waals surface area contributed by atoms with Crippen LogP contribution in [0.25, 0.3) is 0 Å². The molecule has 0 spiro atoms. The molecule has 1 saturated heterocycles. The molecule has 5 heteroatoms. The predicted molar refractivity (Wildman–Crippen MR) is 91.1 cm³/mol. The first kappa shape index (κ1) is 15.9. The summed E-state index contributed by atoms with van der Waals surface area (Å²) >= 11 is 0. The van der Waals surface area contributed by atoms with Gasteiger partial charge in [0.25, 0.3) is 0 Å². The SMILES string of the molecule is CN(C)c1ccc(C2CCCN2Cc2ccc(CO)cc2)nn1. The minimum atomic E-state index is 0.0977. The zero-order chi connectivity index (χ0) is 16.2. The van der Waals surface area contributed by atoms with Gasteiger partial charge in [-0.15, -0.1) is 5.10 Å². The number of hydrogen-bond acceptors (Lipinski definition) is 5. The molecular formula is C18H24N4O. The predicted octanol–water partition coefficient (Wildman–Crippen LogP) is 2.37. The molecule has 5 nitrogen and oxygen atoms in total. The third-order valence-corrected chi connectivity index (χ3v) is 4.43. The van der Waals surface area contributed by atoms with Crippen LogP contribution in [0, 0.1) is 0 Å². The molecule has 1 aliphatic rings. The molecule has 122 valence electrons. The van der Waals surface area contributed by atoms with Gasteiger partial charge >= 0.3 is 0 Å². The zero-order valence-corrected chi connectivity index (χ0v) is 13.8. The Balaban J connectivity index is 1.71. The van der Waals surface area contributed by atoms with Gasteiger partial charge in [0.15, 0.2) is 5.82 Å². The molecule has 1 fully saturated rings. The number of likely N-dealkylation sites (tertiary alicyclic amines) is 1. The summed E-state index contributed by atoms with van der Waals surface area (Å²) < 4.78 is 0. The molecule has 3 rings (SSSR count). The average Bonchev–Trinajstić information content (AvgIpc) is 3.04. The van der Waals surface area contributed by atoms with Gasteiger partial charge in [0.2, 0.25) is 0 Å². The van der Waals surface area contributed by atoms with Crippen LogP contribution in [0.5, 0.6) is 0 Å². The van der Waals surface area contributed by atoms with Gasteiger partial charge in [0.1, 0.15) is 0 Å². The molecule has 0 radical (unpaired) electrons. The van der Waals surface area contributed by atoms with Crippen LogP contribution in [0.1, 0.15) is 35.7 Å². The van der Waals surface area contributed by atoms with Gasteiger partial charge in [-0.05, 0) is 42.6 Å². The first-order valence-corrected chi connectivity index (χ1v) is 8.11. The van der Waals surface area contributed by atoms with Crippen molar-refractivity contribution in [2.45, 2.75) is 32.0 Å². The summed E-state index contributed by atoms with van der Waals surface area (Å²) in [6.45, 7) is 2.09. The maximum absolute atomic E-state index is 9.14. The second-order valence-corrected chi connectivity index (χ2v) is 6.31. The van der Waals surface area contributed by atoms with Gasteiger partial charge in [-0.2, -0.15) is 5.10 Å². The third-order valence-electron chi connectivity index (χ3n) is 4.43. The fraction of sp³-hybridized carbons (Fsp3) is 0.444. The number of aliphatic hydroxyl groups is 1. The maximum Gasteiger partial charge on any atom is 0.150 e. The van der Waals surface area contributed by atoms with Crippen LogP contribution in [-0.4, -0.2) is 40.8 Å². The summed E-state index contributed by atoms with van der Waals surface area (Å²) in [4.78, 5) is 4.43. The molecule has 1 N–H and O–H groups in total. The maximum atomic E-state index is 9.14. The van der Waals surface area contributed by atoms with E-state index in [9.17, 15) is 0 Å². The lowest BCUT2D eigenvalue weighted by Crippen LogP contribution is -2.24. The molecule has 0 saturated carbocycles. The molecule has 0 bridgehead atoms. The van der Waals surface area contributed by atoms with E-state index in [1.165, 1.54) is 12.0 Å². The normalized spacial score (nSPS) is 18.3. The van der Waals surface area contributed by atoms with Gasteiger partial charge in [0.05, 0.1) is 18.3 Å². The van der Waals surface area contributed by atoms with E-state index in [0.717, 1.165) is 36.6 Å². The van der Waals surface area contributed by atoms with Crippen molar-refractivity contribution in [3.8, 4) is 0 Å². The Hall–Kier alpha value is -1.98. The lowest BCUT2D eigenvalue weighted by atomic mass is 10.1. The van der Waals surface area contributed by atoms with Gasteiger partial charge in [-0.3, -0.25) is 4.90 Å². The topological polar surface area (TPSA) is 52.5 Å². The minimum Gasteiger partial charge on any atom is -0.392 e. The molecule has 23 heavy (non-hydrogen) atoms. The summed E-state index contributed by atoms with van der Waals surface area (Å²) in [6, 6.07) is 12.7. The fourth-order valence-electron chi connectivity index (χ4n) is 3.09. The molecule has 2 aromatic rings. The molecule has 1 atom stereocenters. The number of rotatable bonds is 5. The van der Waals surface area contributed by atoms with Crippen LogP contribution in [-0.2, 0) is 13.2 Å². The third kappa shape index (κ3) is 3.68. The minimum absolute atomic E-state index is 0.0977. The van der Waals surface area contributed by atoms with Gasteiger partial charge in [0, 0.05) is 20.6 Å². The van der Waals surface area contributed by atoms with Gasteiger partial charge in [-0.25, -0.2) is 0 Å². The first-order chi connectivity index (χ1) is 11.2. The van der Waals surface area contributed by atoms with Crippen LogP contribution < -0.4 is 4.90 Å². The molecule has 0 aliphatic carbocycles. The standard InChI is InChI=1S/C18H24N4O/c1-21(2)18-10-9-16(19-20-18)17-4-3-11-22(17)12-14-5-7-15(13-23)8-6-14/h5-10,17,23H,3-4,11-13H2,1-2H3. The smallest absolute Gasteiger partial charge is 0.150 e. The number of nitrogens with zero attached hydrogens (tertiary/aromatic N) is 4. The van der Waals surface area contributed by atoms with E-state index in [-0.39, 0.29) is 6.61 Å². The summed E-state index contributed by atoms with van der Waals surface area (Å²) in [7, 11) is 3.95. The summed E-state index contributed by atoms with van der Waals surface area (Å²) in [6.07, 6.45) is 2.32. The van der Waals surface area contributed by atoms with Crippen LogP contribution in [0.2, 0.25) is 0 Å². The number of benzene rings is 1. The largest absolute Gasteiger partial charge is 0.392 e. The Labute approximate surface area is 137 Å². The highest BCUT2D eigenvalue weighted by molar-refractivity contribution is 5.35. The summed E-state index contributed by atoms with van der Waals surface area (Å²) in [5.41, 5.74) is 3.28. The monoisotopic (exact) mass is 312 g/mol. The lowest BCUT2D eigenvalue weighted by Gasteiger charge is -2.24. The first-order valence-electron chi connectivity index (χ1n) is 8.11. The van der Waals surface area contributed by atoms with E-state index in [4.69, 9.17) is 5.11 Å². The molecule has 0 amide bonds. The van der Waals surface area contributed by atoms with E-state index in [1.54, 1.807) is 0 Å². The molecule has 1 aromatic carbocycles. The second-order valence-electron chi connectivity index (χ2n) is 6.31. The highest BCUT2D eigenvalue weighted by atomic mass is 16.3. The Bertz CT molecular complexity index is 624. The highest BCUT2D eigenvalue weighted by Gasteiger charge is 2.27. The summed E-state index contributed by atoms with van der Waals surface area (Å²) in [5, 5.41) is 17.9. The van der Waals surface area contributed by atoms with E-state index in [0.29, 0.717) is 6.04 Å². The Morgan fingerprint density at radius 1 is 1.09 bits per heavy atom. The fourth-order valence-corrected chi connectivity index (χ4v) is 3.09. The van der Waals surface area contributed by atoms with Crippen LogP contribution in [0.15, 0.2) is 36.4 Å². The van der Waals surface area contributed by atoms with Crippen molar-refractivity contribution in [1.29, 1.82) is 0 Å². The van der Waals surface area contributed by atoms with E-state index >= 15 is 0 Å². The van der Waals surface area contributed by atoms with Crippen LogP contribution in [0.3, 0.4) is 0 Å². The van der Waals surface area contributed by atoms with Crippen molar-refractivity contribution in [2.24, 2.45) is 0 Å². The average molecular weight is 312 g/mol. The molecular weight excluding hydrogens is 288 g/mol. The van der Waals surface area contributed by atoms with Crippen molar-refractivity contribution >= 4 is 5.82 Å². The van der Waals surface area contributed by atoms with Crippen molar-refractivity contribution < 1.29 is 5.11 Å². The Morgan fingerprint density at radius 2 is 1.83 bits per heavy atom. The number of anilines is 1. The van der Waals surface area contributed by atoms with Gasteiger partial charge in [-0.1, -0.05) is 24.3 Å². The molecule has 1 aromatic heterocycles. The number of hydrogen-bond donors (Lipinski definition) is 1. The number of aliphatic hydroxyl groups excluding tert-OH is 1. The Kier molecular flexibility index (Phi) is 4.88. The molecule has 2 heterocycles. The molecule has 1 aliphatic heterocycles. The van der Waals surface area contributed by atoms with Crippen molar-refractivity contribution in [1.82, 2.24) is 15.1 Å². The zero-order valence-electron chi connectivity index (χ0n) is 13.8. The van der Waals surface area contributed by atoms with E-state index in [2.05, 4.69) is 33.3 Å². The van der Waals surface area contributed by atoms with Crippen LogP contribution in [0.4, 0.5) is 5.82 Å². The van der Waals surface area contributed by atoms with Crippen LogP contribution >= 0.6 is 0 Å². The number of aromatic nitrogens is 2. The van der Waals surface area contributed by atoms with E-state index < -0.39 is 0 Å². The summed E-state index contributed by atoms with van der Waals surface area (Å²) in [5.74, 6) is 0.887. The van der Waals surface area contributed by atoms with Gasteiger partial charge < -0.3 is 10.0 Å². The Morgan fingerprint density at radius 3 is 2.43 bits per heavy atom. The quantitative estimate of drug-likeness (QED) is 0.918. The lowest BCUT2D eigenvalue weighted by molar-refractivity contribution is 0.243. The van der Waals surface area contributed by atoms with Crippen molar-refractivity contribution in [3.63, 3.8) is 0 Å². The van der Waals surface area contributed by atoms with Crippen molar-refractivity contribution in [3.05, 3.63) is 53.2 Å².